The number of benzene rings is 1. The molecular weight excluding hydrogens is 398 g/mol. The Morgan fingerprint density at radius 3 is 2.07 bits per heavy atom. The van der Waals surface area contributed by atoms with Crippen molar-refractivity contribution in [1.82, 2.24) is 9.80 Å². The molecule has 0 aromatic heterocycles. The van der Waals surface area contributed by atoms with Gasteiger partial charge < -0.3 is 14.5 Å². The molecular formula is C20H28F2N4O4. The minimum Gasteiger partial charge on any atom is -0.444 e. The van der Waals surface area contributed by atoms with E-state index in [0.29, 0.717) is 45.3 Å². The molecule has 0 N–H and O–H groups in total. The van der Waals surface area contributed by atoms with Crippen molar-refractivity contribution in [3.63, 3.8) is 0 Å². The second-order valence-corrected chi connectivity index (χ2v) is 8.74. The number of likely N-dealkylation sites (tertiary alicyclic amines) is 1. The van der Waals surface area contributed by atoms with Gasteiger partial charge in [0.1, 0.15) is 11.3 Å². The van der Waals surface area contributed by atoms with E-state index in [9.17, 15) is 23.7 Å². The quantitative estimate of drug-likeness (QED) is 0.545. The summed E-state index contributed by atoms with van der Waals surface area (Å²) in [7, 11) is 0. The maximum atomic E-state index is 14.3. The molecule has 2 aliphatic heterocycles. The Hall–Kier alpha value is -2.49. The fourth-order valence-corrected chi connectivity index (χ4v) is 4.01. The maximum Gasteiger partial charge on any atom is 0.410 e. The number of nitro benzene ring substituents is 1. The zero-order chi connectivity index (χ0) is 22.1. The Kier molecular flexibility index (Phi) is 6.44. The summed E-state index contributed by atoms with van der Waals surface area (Å²) in [5.74, 6) is -1.83. The van der Waals surface area contributed by atoms with E-state index in [1.165, 1.54) is 0 Å². The van der Waals surface area contributed by atoms with Gasteiger partial charge in [0.25, 0.3) is 5.69 Å². The van der Waals surface area contributed by atoms with E-state index >= 15 is 0 Å². The Labute approximate surface area is 174 Å². The van der Waals surface area contributed by atoms with Crippen molar-refractivity contribution in [3.8, 4) is 0 Å². The summed E-state index contributed by atoms with van der Waals surface area (Å²) in [4.78, 5) is 27.8. The first-order chi connectivity index (χ1) is 14.0. The van der Waals surface area contributed by atoms with Gasteiger partial charge in [0, 0.05) is 45.3 Å². The number of nitro groups is 1. The number of hydrogen-bond acceptors (Lipinski definition) is 6. The van der Waals surface area contributed by atoms with Gasteiger partial charge in [-0.3, -0.25) is 15.0 Å². The summed E-state index contributed by atoms with van der Waals surface area (Å²) in [5, 5.41) is 10.8. The minimum atomic E-state index is -0.916. The molecule has 1 aromatic rings. The van der Waals surface area contributed by atoms with Crippen molar-refractivity contribution in [2.45, 2.75) is 45.3 Å². The average Bonchev–Trinajstić information content (AvgIpc) is 2.66. The number of nitrogens with zero attached hydrogens (tertiary/aromatic N) is 4. The third-order valence-corrected chi connectivity index (χ3v) is 5.48. The topological polar surface area (TPSA) is 79.2 Å². The van der Waals surface area contributed by atoms with Crippen molar-refractivity contribution >= 4 is 17.5 Å². The number of non-ortho nitro benzene ring substituents is 1. The van der Waals surface area contributed by atoms with Gasteiger partial charge >= 0.3 is 6.09 Å². The van der Waals surface area contributed by atoms with Crippen LogP contribution in [0, 0.1) is 21.7 Å². The molecule has 0 spiro atoms. The predicted octanol–water partition coefficient (Wildman–Crippen LogP) is 3.39. The van der Waals surface area contributed by atoms with Crippen LogP contribution in [0.25, 0.3) is 0 Å². The molecule has 30 heavy (non-hydrogen) atoms. The number of carbonyl (C=O) groups is 1. The molecule has 2 saturated heterocycles. The molecule has 0 aliphatic carbocycles. The molecule has 0 saturated carbocycles. The normalized spacial score (nSPS) is 19.1. The second-order valence-electron chi connectivity index (χ2n) is 8.74. The van der Waals surface area contributed by atoms with Gasteiger partial charge in [-0.25, -0.2) is 13.6 Å². The predicted molar refractivity (Wildman–Crippen MR) is 108 cm³/mol. The Morgan fingerprint density at radius 1 is 1.07 bits per heavy atom. The first kappa shape index (κ1) is 22.2. The van der Waals surface area contributed by atoms with Gasteiger partial charge in [-0.1, -0.05) is 0 Å². The van der Waals surface area contributed by atoms with Gasteiger partial charge in [-0.2, -0.15) is 0 Å². The number of piperidine rings is 1. The fraction of sp³-hybridized carbons (Fsp3) is 0.650. The third-order valence-electron chi connectivity index (χ3n) is 5.48. The smallest absolute Gasteiger partial charge is 0.410 e. The lowest BCUT2D eigenvalue weighted by Gasteiger charge is -2.43. The van der Waals surface area contributed by atoms with Gasteiger partial charge in [-0.15, -0.1) is 0 Å². The number of amides is 1. The summed E-state index contributed by atoms with van der Waals surface area (Å²) in [6.07, 6.45) is 1.34. The molecule has 10 heteroatoms. The van der Waals surface area contributed by atoms with E-state index < -0.39 is 27.8 Å². The number of piperazine rings is 1. The van der Waals surface area contributed by atoms with Crippen molar-refractivity contribution in [2.24, 2.45) is 0 Å². The standard InChI is InChI=1S/C20H28F2N4O4/c1-20(2,3)30-19(27)25-6-4-14(5-7-25)23-8-10-24(11-9-23)18-16(21)12-15(26(28)29)13-17(18)22/h12-14H,4-11H2,1-3H3. The van der Waals surface area contributed by atoms with Crippen LogP contribution in [0.3, 0.4) is 0 Å². The molecule has 0 atom stereocenters. The maximum absolute atomic E-state index is 14.3. The van der Waals surface area contributed by atoms with Crippen LogP contribution < -0.4 is 4.90 Å². The van der Waals surface area contributed by atoms with Crippen molar-refractivity contribution in [3.05, 3.63) is 33.9 Å². The van der Waals surface area contributed by atoms with Crippen LogP contribution in [0.1, 0.15) is 33.6 Å². The third kappa shape index (κ3) is 5.16. The number of rotatable bonds is 3. The highest BCUT2D eigenvalue weighted by atomic mass is 19.1. The van der Waals surface area contributed by atoms with Crippen LogP contribution in [0.2, 0.25) is 0 Å². The van der Waals surface area contributed by atoms with E-state index in [1.807, 2.05) is 20.8 Å². The van der Waals surface area contributed by atoms with Gasteiger partial charge in [0.15, 0.2) is 11.6 Å². The Morgan fingerprint density at radius 2 is 1.60 bits per heavy atom. The zero-order valence-corrected chi connectivity index (χ0v) is 17.6. The van der Waals surface area contributed by atoms with Crippen molar-refractivity contribution in [1.29, 1.82) is 0 Å². The van der Waals surface area contributed by atoms with Crippen LogP contribution in [0.5, 0.6) is 0 Å². The van der Waals surface area contributed by atoms with E-state index in [-0.39, 0.29) is 11.8 Å². The number of carbonyl (C=O) groups excluding carboxylic acids is 1. The molecule has 1 aromatic carbocycles. The van der Waals surface area contributed by atoms with Gasteiger partial charge in [0.2, 0.25) is 0 Å². The highest BCUT2D eigenvalue weighted by Gasteiger charge is 2.32. The summed E-state index contributed by atoms with van der Waals surface area (Å²) >= 11 is 0. The summed E-state index contributed by atoms with van der Waals surface area (Å²) in [6, 6.07) is 1.83. The van der Waals surface area contributed by atoms with Crippen LogP contribution in [-0.2, 0) is 4.74 Å². The largest absolute Gasteiger partial charge is 0.444 e. The van der Waals surface area contributed by atoms with E-state index in [1.54, 1.807) is 9.80 Å². The highest BCUT2D eigenvalue weighted by Crippen LogP contribution is 2.30. The molecule has 8 nitrogen and oxygen atoms in total. The van der Waals surface area contributed by atoms with E-state index in [2.05, 4.69) is 4.90 Å². The lowest BCUT2D eigenvalue weighted by atomic mass is 10.0. The van der Waals surface area contributed by atoms with Crippen molar-refractivity contribution < 1.29 is 23.2 Å². The number of ether oxygens (including phenoxy) is 1. The number of anilines is 1. The molecule has 2 fully saturated rings. The van der Waals surface area contributed by atoms with Gasteiger partial charge in [-0.05, 0) is 33.6 Å². The van der Waals surface area contributed by atoms with Crippen LogP contribution in [0.15, 0.2) is 12.1 Å². The Balaban J connectivity index is 1.53. The summed E-state index contributed by atoms with van der Waals surface area (Å²) < 4.78 is 34.0. The van der Waals surface area contributed by atoms with Crippen LogP contribution in [0.4, 0.5) is 25.0 Å². The monoisotopic (exact) mass is 426 g/mol. The molecule has 3 rings (SSSR count). The molecule has 1 amide bonds. The SMILES string of the molecule is CC(C)(C)OC(=O)N1CCC(N2CCN(c3c(F)cc([N+](=O)[O-])cc3F)CC2)CC1. The zero-order valence-electron chi connectivity index (χ0n) is 17.6. The fourth-order valence-electron chi connectivity index (χ4n) is 4.01. The highest BCUT2D eigenvalue weighted by molar-refractivity contribution is 5.68. The molecule has 0 radical (unpaired) electrons. The average molecular weight is 426 g/mol. The van der Waals surface area contributed by atoms with Crippen molar-refractivity contribution in [2.75, 3.05) is 44.2 Å². The molecule has 2 heterocycles. The molecule has 166 valence electrons. The first-order valence-corrected chi connectivity index (χ1v) is 10.2. The molecule has 2 aliphatic rings. The summed E-state index contributed by atoms with van der Waals surface area (Å²) in [6.45, 7) is 8.88. The van der Waals surface area contributed by atoms with Crippen LogP contribution >= 0.6 is 0 Å². The lowest BCUT2D eigenvalue weighted by Crippen LogP contribution is -2.54. The lowest BCUT2D eigenvalue weighted by molar-refractivity contribution is -0.385. The molecule has 0 bridgehead atoms. The van der Waals surface area contributed by atoms with Gasteiger partial charge in [0.05, 0.1) is 17.1 Å². The van der Waals surface area contributed by atoms with E-state index in [4.69, 9.17) is 4.74 Å². The molecule has 0 unspecified atom stereocenters. The summed E-state index contributed by atoms with van der Waals surface area (Å²) in [5.41, 5.74) is -1.32. The van der Waals surface area contributed by atoms with E-state index in [0.717, 1.165) is 25.0 Å². The number of halogens is 2. The Bertz CT molecular complexity index is 775. The van der Waals surface area contributed by atoms with Crippen LogP contribution in [-0.4, -0.2) is 71.7 Å². The number of hydrogen-bond donors (Lipinski definition) is 0. The first-order valence-electron chi connectivity index (χ1n) is 10.2. The minimum absolute atomic E-state index is 0.208. The second kappa shape index (κ2) is 8.71.